The van der Waals surface area contributed by atoms with Crippen molar-refractivity contribution >= 4 is 56.1 Å². The van der Waals surface area contributed by atoms with Crippen LogP contribution in [-0.4, -0.2) is 9.97 Å². The molecule has 0 saturated heterocycles. The Morgan fingerprint density at radius 3 is 3.00 bits per heavy atom. The molecule has 2 heterocycles. The summed E-state index contributed by atoms with van der Waals surface area (Å²) in [4.78, 5) is 11.5. The van der Waals surface area contributed by atoms with Crippen LogP contribution in [0.3, 0.4) is 0 Å². The Labute approximate surface area is 153 Å². The molecule has 2 aromatic heterocycles. The van der Waals surface area contributed by atoms with E-state index in [4.69, 9.17) is 23.2 Å². The van der Waals surface area contributed by atoms with Gasteiger partial charge in [0.25, 0.3) is 0 Å². The van der Waals surface area contributed by atoms with Gasteiger partial charge in [-0.3, -0.25) is 0 Å². The van der Waals surface area contributed by atoms with Crippen LogP contribution in [0, 0.1) is 0 Å². The molecular formula is C18H13Cl2N3S. The predicted octanol–water partition coefficient (Wildman–Crippen LogP) is 5.88. The Kier molecular flexibility index (Phi) is 3.34. The molecule has 1 N–H and O–H groups in total. The molecule has 1 atom stereocenters. The number of nitrogens with one attached hydrogen (secondary N) is 1. The molecule has 1 unspecified atom stereocenters. The topological polar surface area (TPSA) is 37.8 Å². The van der Waals surface area contributed by atoms with Crippen LogP contribution in [0.1, 0.15) is 34.8 Å². The van der Waals surface area contributed by atoms with Crippen LogP contribution < -0.4 is 5.32 Å². The molecule has 3 aromatic rings. The smallest absolute Gasteiger partial charge is 0.139 e. The third-order valence-electron chi connectivity index (χ3n) is 4.76. The molecule has 0 saturated carbocycles. The van der Waals surface area contributed by atoms with Crippen LogP contribution >= 0.6 is 34.5 Å². The fourth-order valence-corrected chi connectivity index (χ4v) is 5.26. The maximum Gasteiger partial charge on any atom is 0.139 e. The molecule has 0 fully saturated rings. The molecule has 3 nitrogen and oxygen atoms in total. The van der Waals surface area contributed by atoms with E-state index in [1.54, 1.807) is 6.33 Å². The van der Waals surface area contributed by atoms with Gasteiger partial charge in [-0.05, 0) is 36.1 Å². The van der Waals surface area contributed by atoms with Gasteiger partial charge in [0.2, 0.25) is 0 Å². The van der Waals surface area contributed by atoms with Gasteiger partial charge in [-0.2, -0.15) is 0 Å². The second-order valence-corrected chi connectivity index (χ2v) is 7.98. The van der Waals surface area contributed by atoms with E-state index >= 15 is 0 Å². The van der Waals surface area contributed by atoms with Crippen molar-refractivity contribution in [2.45, 2.75) is 25.3 Å². The molecule has 1 aromatic carbocycles. The van der Waals surface area contributed by atoms with E-state index in [2.05, 4.69) is 21.4 Å². The minimum Gasteiger partial charge on any atom is -0.365 e. The number of hydrogen-bond donors (Lipinski definition) is 1. The van der Waals surface area contributed by atoms with Crippen molar-refractivity contribution < 1.29 is 0 Å². The van der Waals surface area contributed by atoms with E-state index in [0.29, 0.717) is 22.5 Å². The summed E-state index contributed by atoms with van der Waals surface area (Å²) in [5, 5.41) is 5.76. The van der Waals surface area contributed by atoms with Crippen molar-refractivity contribution in [2.24, 2.45) is 0 Å². The van der Waals surface area contributed by atoms with E-state index in [0.717, 1.165) is 16.2 Å². The fourth-order valence-electron chi connectivity index (χ4n) is 3.63. The number of halogens is 2. The minimum absolute atomic E-state index is 0.572. The van der Waals surface area contributed by atoms with Crippen LogP contribution in [-0.2, 0) is 6.54 Å². The molecule has 2 aliphatic rings. The van der Waals surface area contributed by atoms with Gasteiger partial charge in [0.05, 0.1) is 15.4 Å². The molecule has 0 spiro atoms. The third kappa shape index (κ3) is 2.10. The molecule has 0 bridgehead atoms. The van der Waals surface area contributed by atoms with Crippen LogP contribution in [0.25, 0.3) is 15.8 Å². The zero-order valence-corrected chi connectivity index (χ0v) is 15.0. The molecule has 2 aliphatic carbocycles. The summed E-state index contributed by atoms with van der Waals surface area (Å²) in [5.74, 6) is 1.54. The lowest BCUT2D eigenvalue weighted by atomic mass is 9.80. The minimum atomic E-state index is 0.572. The first-order valence-corrected chi connectivity index (χ1v) is 9.45. The lowest BCUT2D eigenvalue weighted by Crippen LogP contribution is -2.10. The Balaban J connectivity index is 1.51. The van der Waals surface area contributed by atoms with Crippen molar-refractivity contribution in [3.63, 3.8) is 0 Å². The number of hydrogen-bond acceptors (Lipinski definition) is 4. The monoisotopic (exact) mass is 373 g/mol. The van der Waals surface area contributed by atoms with Gasteiger partial charge >= 0.3 is 0 Å². The maximum atomic E-state index is 6.10. The van der Waals surface area contributed by atoms with Gasteiger partial charge in [-0.15, -0.1) is 11.3 Å². The van der Waals surface area contributed by atoms with E-state index in [-0.39, 0.29) is 0 Å². The number of nitrogens with zero attached hydrogens (tertiary/aromatic N) is 2. The highest BCUT2D eigenvalue weighted by Gasteiger charge is 2.39. The normalized spacial score (nSPS) is 18.1. The Hall–Kier alpha value is -1.62. The van der Waals surface area contributed by atoms with Crippen LogP contribution in [0.2, 0.25) is 10.0 Å². The molecule has 0 aliphatic heterocycles. The largest absolute Gasteiger partial charge is 0.365 e. The standard InChI is InChI=1S/C18H13Cl2N3S/c19-12-5-4-9(6-13(12)20)7-21-17-15-14-10-2-1-3-11(10)16(14)24-18(15)23-8-22-17/h2,4-6,8,11H,1,3,7H2,(H,21,22,23). The number of thiophene rings is 1. The number of anilines is 1. The first-order valence-electron chi connectivity index (χ1n) is 7.88. The highest BCUT2D eigenvalue weighted by atomic mass is 35.5. The summed E-state index contributed by atoms with van der Waals surface area (Å²) < 4.78 is 0. The summed E-state index contributed by atoms with van der Waals surface area (Å²) >= 11 is 13.9. The number of rotatable bonds is 3. The number of aromatic nitrogens is 2. The molecule has 6 heteroatoms. The number of benzene rings is 1. The highest BCUT2D eigenvalue weighted by Crippen LogP contribution is 2.59. The number of allylic oxidation sites excluding steroid dienone is 2. The highest BCUT2D eigenvalue weighted by molar-refractivity contribution is 7.19. The van der Waals surface area contributed by atoms with Gasteiger partial charge in [0.15, 0.2) is 0 Å². The van der Waals surface area contributed by atoms with Crippen molar-refractivity contribution in [3.8, 4) is 0 Å². The van der Waals surface area contributed by atoms with Crippen molar-refractivity contribution in [3.05, 3.63) is 56.7 Å². The zero-order chi connectivity index (χ0) is 16.3. The summed E-state index contributed by atoms with van der Waals surface area (Å²) in [5.41, 5.74) is 3.93. The second kappa shape index (κ2) is 5.45. The van der Waals surface area contributed by atoms with Gasteiger partial charge in [-0.1, -0.05) is 35.3 Å². The quantitative estimate of drug-likeness (QED) is 0.622. The Morgan fingerprint density at radius 1 is 1.21 bits per heavy atom. The Bertz CT molecular complexity index is 1010. The Morgan fingerprint density at radius 2 is 2.12 bits per heavy atom. The number of fused-ring (bicyclic) bond motifs is 6. The SMILES string of the molecule is Clc1ccc(CNc2ncnc3sc4c(c23)C2=CCCC24)cc1Cl. The molecule has 0 amide bonds. The van der Waals surface area contributed by atoms with E-state index < -0.39 is 0 Å². The van der Waals surface area contributed by atoms with Crippen molar-refractivity contribution in [1.29, 1.82) is 0 Å². The van der Waals surface area contributed by atoms with Crippen LogP contribution in [0.4, 0.5) is 5.82 Å². The van der Waals surface area contributed by atoms with Gasteiger partial charge in [-0.25, -0.2) is 9.97 Å². The van der Waals surface area contributed by atoms with Crippen LogP contribution in [0.5, 0.6) is 0 Å². The van der Waals surface area contributed by atoms with Gasteiger partial charge in [0.1, 0.15) is 17.0 Å². The van der Waals surface area contributed by atoms with Gasteiger partial charge in [0, 0.05) is 22.9 Å². The third-order valence-corrected chi connectivity index (χ3v) is 6.71. The van der Waals surface area contributed by atoms with Crippen molar-refractivity contribution in [1.82, 2.24) is 9.97 Å². The maximum absolute atomic E-state index is 6.10. The molecule has 5 rings (SSSR count). The summed E-state index contributed by atoms with van der Waals surface area (Å²) in [6.07, 6.45) is 6.44. The molecular weight excluding hydrogens is 361 g/mol. The predicted molar refractivity (Wildman–Crippen MR) is 101 cm³/mol. The fraction of sp³-hybridized carbons (Fsp3) is 0.222. The summed E-state index contributed by atoms with van der Waals surface area (Å²) in [6.45, 7) is 0.649. The molecule has 120 valence electrons. The average molecular weight is 374 g/mol. The molecule has 24 heavy (non-hydrogen) atoms. The van der Waals surface area contributed by atoms with E-state index in [9.17, 15) is 0 Å². The van der Waals surface area contributed by atoms with E-state index in [1.807, 2.05) is 29.5 Å². The molecule has 0 radical (unpaired) electrons. The lowest BCUT2D eigenvalue weighted by Gasteiger charge is -2.26. The van der Waals surface area contributed by atoms with Gasteiger partial charge < -0.3 is 5.32 Å². The van der Waals surface area contributed by atoms with E-state index in [1.165, 1.54) is 34.2 Å². The van der Waals surface area contributed by atoms with Crippen molar-refractivity contribution in [2.75, 3.05) is 5.32 Å². The average Bonchev–Trinajstić information content (AvgIpc) is 3.13. The lowest BCUT2D eigenvalue weighted by molar-refractivity contribution is 0.797. The first kappa shape index (κ1) is 14.7. The zero-order valence-electron chi connectivity index (χ0n) is 12.6. The second-order valence-electron chi connectivity index (χ2n) is 6.14. The summed E-state index contributed by atoms with van der Waals surface area (Å²) in [7, 11) is 0. The van der Waals surface area contributed by atoms with Crippen LogP contribution in [0.15, 0.2) is 30.6 Å². The summed E-state index contributed by atoms with van der Waals surface area (Å²) in [6, 6.07) is 5.68. The first-order chi connectivity index (χ1) is 11.7.